The van der Waals surface area contributed by atoms with Gasteiger partial charge in [-0.25, -0.2) is 4.79 Å². The maximum absolute atomic E-state index is 13.0. The predicted molar refractivity (Wildman–Crippen MR) is 97.2 cm³/mol. The zero-order chi connectivity index (χ0) is 17.8. The number of rotatable bonds is 5. The van der Waals surface area contributed by atoms with E-state index < -0.39 is 5.97 Å². The lowest BCUT2D eigenvalue weighted by Gasteiger charge is -2.24. The average molecular weight is 342 g/mol. The Morgan fingerprint density at radius 1 is 1.20 bits per heavy atom. The van der Waals surface area contributed by atoms with E-state index in [2.05, 4.69) is 5.32 Å². The number of carbonyl (C=O) groups excluding carboxylic acids is 2. The number of amides is 1. The third-order valence-electron chi connectivity index (χ3n) is 4.90. The molecule has 0 saturated heterocycles. The summed E-state index contributed by atoms with van der Waals surface area (Å²) in [5.74, 6) is -0.541. The normalized spacial score (nSPS) is 18.6. The molecule has 0 unspecified atom stereocenters. The summed E-state index contributed by atoms with van der Waals surface area (Å²) in [6.07, 6.45) is 5.64. The number of aryl methyl sites for hydroxylation is 1. The van der Waals surface area contributed by atoms with Gasteiger partial charge in [-0.2, -0.15) is 0 Å². The molecule has 0 bridgehead atoms. The summed E-state index contributed by atoms with van der Waals surface area (Å²) < 4.78 is 5.18. The molecule has 0 radical (unpaired) electrons. The SMILES string of the molecule is CCOC(=O)C1=C(NC2CCCCC2)C(=O)N(c2ccc(C)cc2)C1. The zero-order valence-electron chi connectivity index (χ0n) is 15.0. The summed E-state index contributed by atoms with van der Waals surface area (Å²) in [7, 11) is 0. The van der Waals surface area contributed by atoms with Gasteiger partial charge in [0, 0.05) is 11.7 Å². The largest absolute Gasteiger partial charge is 0.463 e. The highest BCUT2D eigenvalue weighted by atomic mass is 16.5. The molecule has 134 valence electrons. The summed E-state index contributed by atoms with van der Waals surface area (Å²) in [5, 5.41) is 3.36. The predicted octanol–water partition coefficient (Wildman–Crippen LogP) is 3.08. The number of nitrogens with one attached hydrogen (secondary N) is 1. The first-order valence-electron chi connectivity index (χ1n) is 9.15. The van der Waals surface area contributed by atoms with Crippen molar-refractivity contribution >= 4 is 17.6 Å². The van der Waals surface area contributed by atoms with E-state index in [9.17, 15) is 9.59 Å². The van der Waals surface area contributed by atoms with E-state index >= 15 is 0 Å². The number of benzene rings is 1. The molecule has 1 fully saturated rings. The molecule has 1 aromatic rings. The minimum Gasteiger partial charge on any atom is -0.463 e. The molecule has 25 heavy (non-hydrogen) atoms. The Bertz CT molecular complexity index is 673. The molecule has 1 aromatic carbocycles. The van der Waals surface area contributed by atoms with Crippen molar-refractivity contribution in [2.75, 3.05) is 18.1 Å². The lowest BCUT2D eigenvalue weighted by Crippen LogP contribution is -2.36. The quantitative estimate of drug-likeness (QED) is 0.836. The highest BCUT2D eigenvalue weighted by Crippen LogP contribution is 2.27. The maximum atomic E-state index is 13.0. The second kappa shape index (κ2) is 7.72. The summed E-state index contributed by atoms with van der Waals surface area (Å²) in [6.45, 7) is 4.35. The van der Waals surface area contributed by atoms with Crippen molar-refractivity contribution in [3.63, 3.8) is 0 Å². The van der Waals surface area contributed by atoms with E-state index in [1.807, 2.05) is 31.2 Å². The van der Waals surface area contributed by atoms with E-state index in [0.29, 0.717) is 17.9 Å². The van der Waals surface area contributed by atoms with Crippen LogP contribution in [0.3, 0.4) is 0 Å². The second-order valence-corrected chi connectivity index (χ2v) is 6.78. The van der Waals surface area contributed by atoms with E-state index in [1.165, 1.54) is 6.42 Å². The van der Waals surface area contributed by atoms with E-state index in [0.717, 1.165) is 36.9 Å². The topological polar surface area (TPSA) is 58.6 Å². The van der Waals surface area contributed by atoms with Crippen LogP contribution in [0.1, 0.15) is 44.6 Å². The standard InChI is InChI=1S/C20H26N2O3/c1-3-25-20(24)17-13-22(16-11-9-14(2)10-12-16)19(23)18(17)21-15-7-5-4-6-8-15/h9-12,15,21H,3-8,13H2,1-2H3. The molecule has 3 rings (SSSR count). The van der Waals surface area contributed by atoms with E-state index in [-0.39, 0.29) is 18.5 Å². The second-order valence-electron chi connectivity index (χ2n) is 6.78. The fourth-order valence-electron chi connectivity index (χ4n) is 3.49. The van der Waals surface area contributed by atoms with Gasteiger partial charge in [-0.15, -0.1) is 0 Å². The molecule has 1 N–H and O–H groups in total. The molecule has 5 heteroatoms. The van der Waals surface area contributed by atoms with Crippen molar-refractivity contribution in [2.24, 2.45) is 0 Å². The maximum Gasteiger partial charge on any atom is 0.338 e. The van der Waals surface area contributed by atoms with Crippen LogP contribution in [-0.2, 0) is 14.3 Å². The summed E-state index contributed by atoms with van der Waals surface area (Å²) in [4.78, 5) is 27.0. The zero-order valence-corrected chi connectivity index (χ0v) is 15.0. The molecule has 2 aliphatic rings. The molecule has 5 nitrogen and oxygen atoms in total. The fraction of sp³-hybridized carbons (Fsp3) is 0.500. The highest BCUT2D eigenvalue weighted by Gasteiger charge is 2.36. The Morgan fingerprint density at radius 3 is 2.52 bits per heavy atom. The van der Waals surface area contributed by atoms with Gasteiger partial charge < -0.3 is 15.0 Å². The van der Waals surface area contributed by atoms with Crippen molar-refractivity contribution in [1.82, 2.24) is 5.32 Å². The third kappa shape index (κ3) is 3.86. The van der Waals surface area contributed by atoms with Crippen LogP contribution in [0.5, 0.6) is 0 Å². The van der Waals surface area contributed by atoms with Crippen LogP contribution < -0.4 is 10.2 Å². The summed E-state index contributed by atoms with van der Waals surface area (Å²) in [5.41, 5.74) is 2.80. The highest BCUT2D eigenvalue weighted by molar-refractivity contribution is 6.15. The Balaban J connectivity index is 1.84. The van der Waals surface area contributed by atoms with Crippen molar-refractivity contribution in [1.29, 1.82) is 0 Å². The van der Waals surface area contributed by atoms with Gasteiger partial charge in [0.1, 0.15) is 5.70 Å². The fourth-order valence-corrected chi connectivity index (χ4v) is 3.49. The molecule has 1 aliphatic heterocycles. The van der Waals surface area contributed by atoms with Gasteiger partial charge in [0.15, 0.2) is 0 Å². The molecule has 0 aromatic heterocycles. The average Bonchev–Trinajstić information content (AvgIpc) is 2.94. The number of ether oxygens (including phenoxy) is 1. The molecular weight excluding hydrogens is 316 g/mol. The molecular formula is C20H26N2O3. The number of carbonyl (C=O) groups is 2. The number of esters is 1. The van der Waals surface area contributed by atoms with Crippen LogP contribution in [0.2, 0.25) is 0 Å². The molecule has 1 aliphatic carbocycles. The first-order valence-corrected chi connectivity index (χ1v) is 9.15. The number of anilines is 1. The molecule has 1 heterocycles. The van der Waals surface area contributed by atoms with Crippen molar-refractivity contribution in [3.8, 4) is 0 Å². The third-order valence-corrected chi connectivity index (χ3v) is 4.90. The number of nitrogens with zero attached hydrogens (tertiary/aromatic N) is 1. The van der Waals surface area contributed by atoms with Gasteiger partial charge in [0.2, 0.25) is 0 Å². The minimum atomic E-state index is -0.399. The summed E-state index contributed by atoms with van der Waals surface area (Å²) in [6, 6.07) is 8.03. The van der Waals surface area contributed by atoms with Gasteiger partial charge in [0.05, 0.1) is 18.7 Å². The lowest BCUT2D eigenvalue weighted by atomic mass is 9.95. The van der Waals surface area contributed by atoms with Gasteiger partial charge in [0.25, 0.3) is 5.91 Å². The van der Waals surface area contributed by atoms with Crippen LogP contribution in [0, 0.1) is 6.92 Å². The first-order chi connectivity index (χ1) is 12.1. The van der Waals surface area contributed by atoms with Crippen LogP contribution >= 0.6 is 0 Å². The van der Waals surface area contributed by atoms with Crippen molar-refractivity contribution in [2.45, 2.75) is 52.0 Å². The van der Waals surface area contributed by atoms with Crippen molar-refractivity contribution < 1.29 is 14.3 Å². The lowest BCUT2D eigenvalue weighted by molar-refractivity contribution is -0.138. The first kappa shape index (κ1) is 17.5. The Morgan fingerprint density at radius 2 is 1.88 bits per heavy atom. The van der Waals surface area contributed by atoms with Gasteiger partial charge in [-0.1, -0.05) is 37.0 Å². The monoisotopic (exact) mass is 342 g/mol. The van der Waals surface area contributed by atoms with Crippen LogP contribution in [0.4, 0.5) is 5.69 Å². The molecule has 1 amide bonds. The van der Waals surface area contributed by atoms with E-state index in [1.54, 1.807) is 11.8 Å². The van der Waals surface area contributed by atoms with Crippen molar-refractivity contribution in [3.05, 3.63) is 41.1 Å². The minimum absolute atomic E-state index is 0.141. The number of hydrogen-bond donors (Lipinski definition) is 1. The van der Waals surface area contributed by atoms with Gasteiger partial charge >= 0.3 is 5.97 Å². The molecule has 0 spiro atoms. The number of hydrogen-bond acceptors (Lipinski definition) is 4. The Hall–Kier alpha value is -2.30. The Labute approximate surface area is 149 Å². The Kier molecular flexibility index (Phi) is 5.41. The summed E-state index contributed by atoms with van der Waals surface area (Å²) >= 11 is 0. The van der Waals surface area contributed by atoms with Crippen LogP contribution in [-0.4, -0.2) is 31.1 Å². The molecule has 0 atom stereocenters. The van der Waals surface area contributed by atoms with Gasteiger partial charge in [-0.3, -0.25) is 4.79 Å². The smallest absolute Gasteiger partial charge is 0.338 e. The van der Waals surface area contributed by atoms with E-state index in [4.69, 9.17) is 4.74 Å². The van der Waals surface area contributed by atoms with Crippen LogP contribution in [0.25, 0.3) is 0 Å². The van der Waals surface area contributed by atoms with Crippen LogP contribution in [0.15, 0.2) is 35.5 Å². The molecule has 1 saturated carbocycles. The van der Waals surface area contributed by atoms with Gasteiger partial charge in [-0.05, 0) is 38.8 Å².